The summed E-state index contributed by atoms with van der Waals surface area (Å²) in [5.41, 5.74) is 0.599. The standard InChI is InChI=1S/C20H19FN2O2/c1-14(2)13-25-17-9-7-15(8-10-17)11-16(12-22)20(24)23-19-6-4-3-5-18(19)21/h3-11,14H,13H2,1-2H3,(H,23,24)/b16-11+. The second kappa shape index (κ2) is 8.65. The van der Waals surface area contributed by atoms with E-state index in [-0.39, 0.29) is 11.3 Å². The maximum Gasteiger partial charge on any atom is 0.266 e. The third-order valence-corrected chi connectivity index (χ3v) is 3.26. The highest BCUT2D eigenvalue weighted by Gasteiger charge is 2.11. The van der Waals surface area contributed by atoms with Crippen LogP contribution in [0, 0.1) is 23.1 Å². The Morgan fingerprint density at radius 1 is 1.24 bits per heavy atom. The molecule has 0 aliphatic carbocycles. The van der Waals surface area contributed by atoms with Gasteiger partial charge in [-0.1, -0.05) is 38.1 Å². The maximum atomic E-state index is 13.6. The van der Waals surface area contributed by atoms with E-state index in [4.69, 9.17) is 4.74 Å². The predicted octanol–water partition coefficient (Wildman–Crippen LogP) is 4.41. The summed E-state index contributed by atoms with van der Waals surface area (Å²) in [6.07, 6.45) is 1.45. The number of hydrogen-bond donors (Lipinski definition) is 1. The highest BCUT2D eigenvalue weighted by Crippen LogP contribution is 2.17. The normalized spacial score (nSPS) is 11.1. The second-order valence-electron chi connectivity index (χ2n) is 5.88. The van der Waals surface area contributed by atoms with Crippen LogP contribution in [0.2, 0.25) is 0 Å². The zero-order valence-corrected chi connectivity index (χ0v) is 14.1. The number of nitriles is 1. The summed E-state index contributed by atoms with van der Waals surface area (Å²) in [5, 5.41) is 11.6. The molecule has 0 heterocycles. The molecule has 0 spiro atoms. The van der Waals surface area contributed by atoms with Crippen molar-refractivity contribution in [3.8, 4) is 11.8 Å². The molecule has 0 atom stereocenters. The molecule has 0 saturated carbocycles. The van der Waals surface area contributed by atoms with E-state index in [0.29, 0.717) is 18.1 Å². The van der Waals surface area contributed by atoms with Crippen LogP contribution in [0.25, 0.3) is 6.08 Å². The zero-order valence-electron chi connectivity index (χ0n) is 14.1. The number of ether oxygens (including phenoxy) is 1. The number of para-hydroxylation sites is 1. The molecule has 0 fully saturated rings. The number of carbonyl (C=O) groups is 1. The van der Waals surface area contributed by atoms with Crippen LogP contribution < -0.4 is 10.1 Å². The summed E-state index contributed by atoms with van der Waals surface area (Å²) in [7, 11) is 0. The highest BCUT2D eigenvalue weighted by atomic mass is 19.1. The molecular weight excluding hydrogens is 319 g/mol. The zero-order chi connectivity index (χ0) is 18.2. The molecule has 2 aromatic carbocycles. The monoisotopic (exact) mass is 338 g/mol. The number of benzene rings is 2. The molecule has 128 valence electrons. The fraction of sp³-hybridized carbons (Fsp3) is 0.200. The minimum Gasteiger partial charge on any atom is -0.493 e. The molecule has 0 unspecified atom stereocenters. The van der Waals surface area contributed by atoms with Crippen LogP contribution in [0.3, 0.4) is 0 Å². The molecule has 2 aromatic rings. The van der Waals surface area contributed by atoms with Crippen LogP contribution in [-0.4, -0.2) is 12.5 Å². The Morgan fingerprint density at radius 2 is 1.92 bits per heavy atom. The fourth-order valence-corrected chi connectivity index (χ4v) is 1.99. The van der Waals surface area contributed by atoms with Gasteiger partial charge in [0.05, 0.1) is 12.3 Å². The van der Waals surface area contributed by atoms with E-state index in [0.717, 1.165) is 5.75 Å². The lowest BCUT2D eigenvalue weighted by Crippen LogP contribution is -2.14. The number of nitrogens with zero attached hydrogens (tertiary/aromatic N) is 1. The lowest BCUT2D eigenvalue weighted by molar-refractivity contribution is -0.112. The molecule has 0 aromatic heterocycles. The van der Waals surface area contributed by atoms with Gasteiger partial charge in [0.2, 0.25) is 0 Å². The average molecular weight is 338 g/mol. The third kappa shape index (κ3) is 5.47. The van der Waals surface area contributed by atoms with Gasteiger partial charge in [-0.2, -0.15) is 5.26 Å². The van der Waals surface area contributed by atoms with Crippen molar-refractivity contribution in [1.29, 1.82) is 5.26 Å². The van der Waals surface area contributed by atoms with Crippen molar-refractivity contribution < 1.29 is 13.9 Å². The SMILES string of the molecule is CC(C)COc1ccc(/C=C(\C#N)C(=O)Nc2ccccc2F)cc1. The number of anilines is 1. The van der Waals surface area contributed by atoms with Crippen LogP contribution in [0.1, 0.15) is 19.4 Å². The first-order chi connectivity index (χ1) is 12.0. The molecule has 4 nitrogen and oxygen atoms in total. The number of carbonyl (C=O) groups excluding carboxylic acids is 1. The van der Waals surface area contributed by atoms with E-state index < -0.39 is 11.7 Å². The molecule has 0 radical (unpaired) electrons. The van der Waals surface area contributed by atoms with Gasteiger partial charge in [0, 0.05) is 0 Å². The smallest absolute Gasteiger partial charge is 0.266 e. The number of nitrogens with one attached hydrogen (secondary N) is 1. The summed E-state index contributed by atoms with van der Waals surface area (Å²) in [6, 6.07) is 14.7. The molecule has 1 N–H and O–H groups in total. The number of halogens is 1. The van der Waals surface area contributed by atoms with E-state index in [1.54, 1.807) is 30.3 Å². The van der Waals surface area contributed by atoms with Crippen LogP contribution in [-0.2, 0) is 4.79 Å². The Bertz CT molecular complexity index is 805. The lowest BCUT2D eigenvalue weighted by atomic mass is 10.1. The van der Waals surface area contributed by atoms with Crippen molar-refractivity contribution in [3.05, 3.63) is 65.5 Å². The van der Waals surface area contributed by atoms with E-state index in [1.165, 1.54) is 24.3 Å². The minimum atomic E-state index is -0.660. The summed E-state index contributed by atoms with van der Waals surface area (Å²) in [5.74, 6) is -0.0699. The largest absolute Gasteiger partial charge is 0.493 e. The Hall–Kier alpha value is -3.13. The van der Waals surface area contributed by atoms with Gasteiger partial charge in [-0.3, -0.25) is 4.79 Å². The molecule has 0 aliphatic rings. The maximum absolute atomic E-state index is 13.6. The third-order valence-electron chi connectivity index (χ3n) is 3.26. The van der Waals surface area contributed by atoms with Crippen LogP contribution in [0.5, 0.6) is 5.75 Å². The minimum absolute atomic E-state index is 0.0334. The predicted molar refractivity (Wildman–Crippen MR) is 95.4 cm³/mol. The molecule has 0 aliphatic heterocycles. The topological polar surface area (TPSA) is 62.1 Å². The van der Waals surface area contributed by atoms with Crippen molar-refractivity contribution in [2.75, 3.05) is 11.9 Å². The van der Waals surface area contributed by atoms with Crippen LogP contribution in [0.4, 0.5) is 10.1 Å². The molecule has 0 saturated heterocycles. The van der Waals surface area contributed by atoms with Crippen molar-refractivity contribution in [2.24, 2.45) is 5.92 Å². The Kier molecular flexibility index (Phi) is 6.30. The Morgan fingerprint density at radius 3 is 2.52 bits per heavy atom. The van der Waals surface area contributed by atoms with E-state index >= 15 is 0 Å². The van der Waals surface area contributed by atoms with E-state index in [2.05, 4.69) is 19.2 Å². The number of rotatable bonds is 6. The Labute approximate surface area is 146 Å². The fourth-order valence-electron chi connectivity index (χ4n) is 1.99. The van der Waals surface area contributed by atoms with Crippen molar-refractivity contribution in [1.82, 2.24) is 0 Å². The molecule has 1 amide bonds. The summed E-state index contributed by atoms with van der Waals surface area (Å²) in [4.78, 5) is 12.2. The van der Waals surface area contributed by atoms with Gasteiger partial charge in [-0.25, -0.2) is 4.39 Å². The first kappa shape index (κ1) is 18.2. The van der Waals surface area contributed by atoms with Crippen LogP contribution in [0.15, 0.2) is 54.1 Å². The molecule has 0 bridgehead atoms. The van der Waals surface area contributed by atoms with Gasteiger partial charge in [0.15, 0.2) is 0 Å². The first-order valence-corrected chi connectivity index (χ1v) is 7.90. The summed E-state index contributed by atoms with van der Waals surface area (Å²) >= 11 is 0. The molecule has 2 rings (SSSR count). The van der Waals surface area contributed by atoms with Crippen molar-refractivity contribution in [3.63, 3.8) is 0 Å². The molecular formula is C20H19FN2O2. The van der Waals surface area contributed by atoms with Gasteiger partial charge in [0.25, 0.3) is 5.91 Å². The van der Waals surface area contributed by atoms with Crippen LogP contribution >= 0.6 is 0 Å². The van der Waals surface area contributed by atoms with Crippen molar-refractivity contribution >= 4 is 17.7 Å². The molecule has 25 heavy (non-hydrogen) atoms. The molecule has 5 heteroatoms. The second-order valence-corrected chi connectivity index (χ2v) is 5.88. The first-order valence-electron chi connectivity index (χ1n) is 7.90. The highest BCUT2D eigenvalue weighted by molar-refractivity contribution is 6.09. The lowest BCUT2D eigenvalue weighted by Gasteiger charge is -2.08. The van der Waals surface area contributed by atoms with E-state index in [9.17, 15) is 14.4 Å². The van der Waals surface area contributed by atoms with E-state index in [1.807, 2.05) is 6.07 Å². The van der Waals surface area contributed by atoms with Gasteiger partial charge < -0.3 is 10.1 Å². The number of hydrogen-bond acceptors (Lipinski definition) is 3. The quantitative estimate of drug-likeness (QED) is 0.627. The summed E-state index contributed by atoms with van der Waals surface area (Å²) < 4.78 is 19.2. The van der Waals surface area contributed by atoms with Gasteiger partial charge in [-0.15, -0.1) is 0 Å². The number of amides is 1. The van der Waals surface area contributed by atoms with Gasteiger partial charge in [-0.05, 0) is 41.8 Å². The van der Waals surface area contributed by atoms with Gasteiger partial charge >= 0.3 is 0 Å². The Balaban J connectivity index is 2.10. The van der Waals surface area contributed by atoms with Crippen molar-refractivity contribution in [2.45, 2.75) is 13.8 Å². The average Bonchev–Trinajstić information content (AvgIpc) is 2.60. The summed E-state index contributed by atoms with van der Waals surface area (Å²) in [6.45, 7) is 4.73. The van der Waals surface area contributed by atoms with Gasteiger partial charge in [0.1, 0.15) is 23.2 Å².